The molecule has 0 bridgehead atoms. The highest BCUT2D eigenvalue weighted by Gasteiger charge is 2.39. The first-order valence-electron chi connectivity index (χ1n) is 6.76. The lowest BCUT2D eigenvalue weighted by Gasteiger charge is -2.04. The van der Waals surface area contributed by atoms with Crippen molar-refractivity contribution in [1.82, 2.24) is 0 Å². The molecular formula is C18H10F4O2. The molecule has 2 aromatic carbocycles. The molecule has 0 heterocycles. The molecule has 0 fully saturated rings. The second-order valence-electron chi connectivity index (χ2n) is 4.86. The van der Waals surface area contributed by atoms with Crippen LogP contribution in [-0.4, -0.2) is 17.7 Å². The van der Waals surface area contributed by atoms with Crippen LogP contribution in [0.1, 0.15) is 27.9 Å². The minimum atomic E-state index is -5.02. The van der Waals surface area contributed by atoms with Crippen molar-refractivity contribution < 1.29 is 27.2 Å². The van der Waals surface area contributed by atoms with Crippen molar-refractivity contribution in [2.24, 2.45) is 0 Å². The van der Waals surface area contributed by atoms with E-state index in [1.807, 2.05) is 0 Å². The summed E-state index contributed by atoms with van der Waals surface area (Å²) in [6.07, 6.45) is -6.24. The van der Waals surface area contributed by atoms with Crippen LogP contribution in [0.15, 0.2) is 48.5 Å². The Morgan fingerprint density at radius 2 is 1.29 bits per heavy atom. The summed E-state index contributed by atoms with van der Waals surface area (Å²) >= 11 is 0. The summed E-state index contributed by atoms with van der Waals surface area (Å²) in [5.41, 5.74) is 1.12. The predicted molar refractivity (Wildman–Crippen MR) is 78.8 cm³/mol. The van der Waals surface area contributed by atoms with Crippen molar-refractivity contribution in [3.05, 3.63) is 71.0 Å². The standard InChI is InChI=1S/C18H10F4O2/c19-15-9-5-13(6-10-15)2-1-12-3-7-14(8-4-12)16(23)11-17(24)18(20,21)22/h3-10H,11H2. The van der Waals surface area contributed by atoms with Gasteiger partial charge in [0.1, 0.15) is 5.82 Å². The van der Waals surface area contributed by atoms with E-state index >= 15 is 0 Å². The van der Waals surface area contributed by atoms with Gasteiger partial charge in [0.15, 0.2) is 5.78 Å². The zero-order chi connectivity index (χ0) is 17.7. The van der Waals surface area contributed by atoms with E-state index < -0.39 is 24.2 Å². The number of carbonyl (C=O) groups excluding carboxylic acids is 2. The van der Waals surface area contributed by atoms with E-state index in [4.69, 9.17) is 0 Å². The molecule has 0 saturated heterocycles. The molecule has 0 amide bonds. The normalized spacial score (nSPS) is 10.7. The van der Waals surface area contributed by atoms with Crippen molar-refractivity contribution in [2.75, 3.05) is 0 Å². The third-order valence-electron chi connectivity index (χ3n) is 3.04. The maximum Gasteiger partial charge on any atom is 0.450 e. The Labute approximate surface area is 135 Å². The summed E-state index contributed by atoms with van der Waals surface area (Å²) in [4.78, 5) is 22.4. The fraction of sp³-hybridized carbons (Fsp3) is 0.111. The molecule has 0 unspecified atom stereocenters. The Hall–Kier alpha value is -2.94. The van der Waals surface area contributed by atoms with E-state index in [1.54, 1.807) is 0 Å². The van der Waals surface area contributed by atoms with Gasteiger partial charge in [-0.25, -0.2) is 4.39 Å². The predicted octanol–water partition coefficient (Wildman–Crippen LogP) is 3.93. The van der Waals surface area contributed by atoms with Gasteiger partial charge in [-0.05, 0) is 36.4 Å². The van der Waals surface area contributed by atoms with Gasteiger partial charge in [-0.1, -0.05) is 24.0 Å². The molecule has 0 aliphatic rings. The Morgan fingerprint density at radius 1 is 0.833 bits per heavy atom. The van der Waals surface area contributed by atoms with Crippen LogP contribution in [0, 0.1) is 17.7 Å². The molecular weight excluding hydrogens is 324 g/mol. The molecule has 0 saturated carbocycles. The van der Waals surface area contributed by atoms with Gasteiger partial charge in [0.25, 0.3) is 0 Å². The Kier molecular flexibility index (Phi) is 5.14. The van der Waals surface area contributed by atoms with Gasteiger partial charge >= 0.3 is 6.18 Å². The number of rotatable bonds is 3. The summed E-state index contributed by atoms with van der Waals surface area (Å²) in [7, 11) is 0. The summed E-state index contributed by atoms with van der Waals surface area (Å²) in [6, 6.07) is 11.1. The van der Waals surface area contributed by atoms with Gasteiger partial charge in [0.2, 0.25) is 5.78 Å². The van der Waals surface area contributed by atoms with Crippen molar-refractivity contribution in [1.29, 1.82) is 0 Å². The molecule has 6 heteroatoms. The van der Waals surface area contributed by atoms with Crippen LogP contribution in [0.5, 0.6) is 0 Å². The van der Waals surface area contributed by atoms with E-state index in [1.165, 1.54) is 48.5 Å². The first-order chi connectivity index (χ1) is 11.3. The molecule has 0 aliphatic carbocycles. The highest BCUT2D eigenvalue weighted by Crippen LogP contribution is 2.19. The van der Waals surface area contributed by atoms with Crippen LogP contribution >= 0.6 is 0 Å². The Balaban J connectivity index is 2.07. The number of halogens is 4. The fourth-order valence-corrected chi connectivity index (χ4v) is 1.77. The van der Waals surface area contributed by atoms with Crippen LogP contribution in [-0.2, 0) is 4.79 Å². The van der Waals surface area contributed by atoms with E-state index in [0.717, 1.165) is 0 Å². The van der Waals surface area contributed by atoms with Crippen LogP contribution in [0.3, 0.4) is 0 Å². The lowest BCUT2D eigenvalue weighted by atomic mass is 10.0. The number of benzene rings is 2. The molecule has 0 aromatic heterocycles. The van der Waals surface area contributed by atoms with Gasteiger partial charge in [-0.3, -0.25) is 9.59 Å². The van der Waals surface area contributed by atoms with E-state index in [9.17, 15) is 27.2 Å². The minimum absolute atomic E-state index is 0.0000628. The Bertz CT molecular complexity index is 807. The first-order valence-corrected chi connectivity index (χ1v) is 6.76. The quantitative estimate of drug-likeness (QED) is 0.369. The van der Waals surface area contributed by atoms with Gasteiger partial charge in [-0.2, -0.15) is 13.2 Å². The van der Waals surface area contributed by atoms with Crippen molar-refractivity contribution in [2.45, 2.75) is 12.6 Å². The summed E-state index contributed by atoms with van der Waals surface area (Å²) in [5, 5.41) is 0. The topological polar surface area (TPSA) is 34.1 Å². The number of hydrogen-bond acceptors (Lipinski definition) is 2. The lowest BCUT2D eigenvalue weighted by molar-refractivity contribution is -0.170. The Morgan fingerprint density at radius 3 is 1.75 bits per heavy atom. The summed E-state index contributed by atoms with van der Waals surface area (Å²) < 4.78 is 49.2. The van der Waals surface area contributed by atoms with Gasteiger partial charge in [0.05, 0.1) is 6.42 Å². The zero-order valence-corrected chi connectivity index (χ0v) is 12.2. The SMILES string of the molecule is O=C(CC(=O)C(F)(F)F)c1ccc(C#Cc2ccc(F)cc2)cc1. The third-order valence-corrected chi connectivity index (χ3v) is 3.04. The van der Waals surface area contributed by atoms with Crippen LogP contribution in [0.25, 0.3) is 0 Å². The number of hydrogen-bond donors (Lipinski definition) is 0. The number of carbonyl (C=O) groups is 2. The third kappa shape index (κ3) is 4.78. The van der Waals surface area contributed by atoms with Crippen LogP contribution in [0.4, 0.5) is 17.6 Å². The maximum atomic E-state index is 12.8. The molecule has 2 rings (SSSR count). The molecule has 24 heavy (non-hydrogen) atoms. The maximum absolute atomic E-state index is 12.8. The summed E-state index contributed by atoms with van der Waals surface area (Å²) in [5.74, 6) is 2.20. The van der Waals surface area contributed by atoms with Gasteiger partial charge in [-0.15, -0.1) is 0 Å². The fourth-order valence-electron chi connectivity index (χ4n) is 1.77. The largest absolute Gasteiger partial charge is 0.450 e. The van der Waals surface area contributed by atoms with Crippen LogP contribution < -0.4 is 0 Å². The molecule has 0 atom stereocenters. The molecule has 2 nitrogen and oxygen atoms in total. The highest BCUT2D eigenvalue weighted by molar-refractivity contribution is 6.09. The molecule has 0 aliphatic heterocycles. The van der Waals surface area contributed by atoms with Crippen molar-refractivity contribution in [3.63, 3.8) is 0 Å². The smallest absolute Gasteiger partial charge is 0.294 e. The molecule has 0 N–H and O–H groups in total. The number of Topliss-reactive ketones (excluding diaryl/α,β-unsaturated/α-hetero) is 2. The van der Waals surface area contributed by atoms with Crippen LogP contribution in [0.2, 0.25) is 0 Å². The summed E-state index contributed by atoms with van der Waals surface area (Å²) in [6.45, 7) is 0. The van der Waals surface area contributed by atoms with E-state index in [-0.39, 0.29) is 11.4 Å². The molecule has 2 aromatic rings. The number of ketones is 2. The second kappa shape index (κ2) is 7.09. The van der Waals surface area contributed by atoms with Crippen molar-refractivity contribution >= 4 is 11.6 Å². The lowest BCUT2D eigenvalue weighted by Crippen LogP contribution is -2.25. The molecule has 122 valence electrons. The zero-order valence-electron chi connectivity index (χ0n) is 12.2. The minimum Gasteiger partial charge on any atom is -0.294 e. The molecule has 0 spiro atoms. The first kappa shape index (κ1) is 17.4. The molecule has 0 radical (unpaired) electrons. The number of alkyl halides is 3. The average molecular weight is 334 g/mol. The average Bonchev–Trinajstić information content (AvgIpc) is 2.54. The van der Waals surface area contributed by atoms with Gasteiger partial charge in [0, 0.05) is 16.7 Å². The second-order valence-corrected chi connectivity index (χ2v) is 4.86. The van der Waals surface area contributed by atoms with E-state index in [0.29, 0.717) is 11.1 Å². The van der Waals surface area contributed by atoms with E-state index in [2.05, 4.69) is 11.8 Å². The highest BCUT2D eigenvalue weighted by atomic mass is 19.4. The van der Waals surface area contributed by atoms with Gasteiger partial charge < -0.3 is 0 Å². The monoisotopic (exact) mass is 334 g/mol. The van der Waals surface area contributed by atoms with Crippen molar-refractivity contribution in [3.8, 4) is 11.8 Å².